The summed E-state index contributed by atoms with van der Waals surface area (Å²) >= 11 is 0. The number of piperidine rings is 1. The van der Waals surface area contributed by atoms with Crippen LogP contribution < -0.4 is 15.4 Å². The first kappa shape index (κ1) is 26.4. The average molecular weight is 538 g/mol. The first-order chi connectivity index (χ1) is 13.9. The molecule has 1 saturated heterocycles. The Morgan fingerprint density at radius 3 is 2.80 bits per heavy atom. The molecule has 0 aliphatic carbocycles. The van der Waals surface area contributed by atoms with Gasteiger partial charge in [-0.2, -0.15) is 8.78 Å². The van der Waals surface area contributed by atoms with Crippen LogP contribution in [0.4, 0.5) is 8.78 Å². The fourth-order valence-electron chi connectivity index (χ4n) is 3.41. The van der Waals surface area contributed by atoms with Gasteiger partial charge in [0.1, 0.15) is 5.75 Å². The Hall–Kier alpha value is -1.65. The van der Waals surface area contributed by atoms with Crippen LogP contribution in [0.1, 0.15) is 44.2 Å². The summed E-state index contributed by atoms with van der Waals surface area (Å²) in [6, 6.07) is 5.04. The number of alkyl halides is 2. The van der Waals surface area contributed by atoms with Crippen molar-refractivity contribution in [2.45, 2.75) is 53.2 Å². The number of aliphatic imine (C=N–C) groups is 1. The number of benzene rings is 1. The molecular weight excluding hydrogens is 505 g/mol. The molecular formula is C21H33F2IN4O2. The maximum absolute atomic E-state index is 12.6. The van der Waals surface area contributed by atoms with Gasteiger partial charge >= 0.3 is 6.61 Å². The Morgan fingerprint density at radius 2 is 2.13 bits per heavy atom. The van der Waals surface area contributed by atoms with E-state index < -0.39 is 6.61 Å². The van der Waals surface area contributed by atoms with Gasteiger partial charge in [-0.05, 0) is 38.7 Å². The molecule has 1 atom stereocenters. The molecule has 1 aliphatic heterocycles. The summed E-state index contributed by atoms with van der Waals surface area (Å²) in [5.41, 5.74) is 1.53. The second kappa shape index (κ2) is 13.6. The number of hydrogen-bond acceptors (Lipinski definition) is 3. The molecule has 0 bridgehead atoms. The topological polar surface area (TPSA) is 66.0 Å². The normalized spacial score (nSPS) is 16.8. The molecule has 170 valence electrons. The number of aryl methyl sites for hydroxylation is 1. The largest absolute Gasteiger partial charge is 0.434 e. The Labute approximate surface area is 194 Å². The lowest BCUT2D eigenvalue weighted by Gasteiger charge is -2.31. The van der Waals surface area contributed by atoms with Crippen molar-refractivity contribution in [1.82, 2.24) is 15.5 Å². The molecule has 0 saturated carbocycles. The molecule has 6 nitrogen and oxygen atoms in total. The lowest BCUT2D eigenvalue weighted by atomic mass is 10.00. The number of ether oxygens (including phenoxy) is 1. The van der Waals surface area contributed by atoms with Gasteiger partial charge in [-0.25, -0.2) is 4.99 Å². The fraction of sp³-hybridized carbons (Fsp3) is 0.619. The molecule has 1 aromatic rings. The third-order valence-corrected chi connectivity index (χ3v) is 4.82. The third kappa shape index (κ3) is 9.01. The number of halogens is 3. The van der Waals surface area contributed by atoms with E-state index in [9.17, 15) is 13.6 Å². The summed E-state index contributed by atoms with van der Waals surface area (Å²) in [6.45, 7) is 6.08. The second-order valence-corrected chi connectivity index (χ2v) is 7.45. The van der Waals surface area contributed by atoms with Crippen molar-refractivity contribution in [3.8, 4) is 5.75 Å². The summed E-state index contributed by atoms with van der Waals surface area (Å²) < 4.78 is 29.8. The molecule has 1 heterocycles. The molecule has 2 rings (SSSR count). The van der Waals surface area contributed by atoms with Gasteiger partial charge in [-0.1, -0.05) is 24.6 Å². The van der Waals surface area contributed by atoms with Crippen molar-refractivity contribution in [2.75, 3.05) is 26.2 Å². The quantitative estimate of drug-likeness (QED) is 0.299. The molecule has 0 aromatic heterocycles. The molecule has 1 amide bonds. The highest BCUT2D eigenvalue weighted by Gasteiger charge is 2.20. The van der Waals surface area contributed by atoms with E-state index in [4.69, 9.17) is 0 Å². The summed E-state index contributed by atoms with van der Waals surface area (Å²) in [7, 11) is 0. The van der Waals surface area contributed by atoms with E-state index in [2.05, 4.69) is 27.3 Å². The van der Waals surface area contributed by atoms with Gasteiger partial charge in [0, 0.05) is 38.2 Å². The van der Waals surface area contributed by atoms with Gasteiger partial charge in [-0.15, -0.1) is 24.0 Å². The maximum Gasteiger partial charge on any atom is 0.387 e. The van der Waals surface area contributed by atoms with Crippen LogP contribution in [-0.4, -0.2) is 49.6 Å². The van der Waals surface area contributed by atoms with Gasteiger partial charge in [0.15, 0.2) is 5.96 Å². The van der Waals surface area contributed by atoms with Gasteiger partial charge in [0.05, 0.1) is 6.54 Å². The standard InChI is InChI=1S/C21H32F2N4O2.HI/c1-4-24-21(25-10-9-19(28)27-11-5-6-16(3)14-27)26-13-17-12-15(2)7-8-18(17)29-20(22)23;/h7-8,12,16,20H,4-6,9-11,13-14H2,1-3H3,(H2,24,25,26);1H. The predicted molar refractivity (Wildman–Crippen MR) is 126 cm³/mol. The van der Waals surface area contributed by atoms with Gasteiger partial charge in [0.2, 0.25) is 5.91 Å². The summed E-state index contributed by atoms with van der Waals surface area (Å²) in [5.74, 6) is 1.36. The minimum atomic E-state index is -2.88. The zero-order valence-corrected chi connectivity index (χ0v) is 20.2. The SMILES string of the molecule is CCNC(=NCc1cc(C)ccc1OC(F)F)NCCC(=O)N1CCCC(C)C1.I. The second-order valence-electron chi connectivity index (χ2n) is 7.45. The van der Waals surface area contributed by atoms with Crippen LogP contribution in [0.3, 0.4) is 0 Å². The van der Waals surface area contributed by atoms with Crippen molar-refractivity contribution in [3.63, 3.8) is 0 Å². The third-order valence-electron chi connectivity index (χ3n) is 4.82. The van der Waals surface area contributed by atoms with Crippen LogP contribution in [0.2, 0.25) is 0 Å². The molecule has 1 unspecified atom stereocenters. The number of likely N-dealkylation sites (tertiary alicyclic amines) is 1. The number of nitrogens with one attached hydrogen (secondary N) is 2. The van der Waals surface area contributed by atoms with Crippen molar-refractivity contribution in [2.24, 2.45) is 10.9 Å². The average Bonchev–Trinajstić information content (AvgIpc) is 2.67. The molecule has 0 radical (unpaired) electrons. The molecule has 1 fully saturated rings. The molecule has 1 aliphatic rings. The number of amides is 1. The van der Waals surface area contributed by atoms with E-state index in [1.54, 1.807) is 12.1 Å². The minimum absolute atomic E-state index is 0. The number of carbonyl (C=O) groups excluding carboxylic acids is 1. The van der Waals surface area contributed by atoms with Crippen molar-refractivity contribution in [1.29, 1.82) is 0 Å². The summed E-state index contributed by atoms with van der Waals surface area (Å²) in [5, 5.41) is 6.26. The first-order valence-corrected chi connectivity index (χ1v) is 10.2. The summed E-state index contributed by atoms with van der Waals surface area (Å²) in [6.07, 6.45) is 2.63. The van der Waals surface area contributed by atoms with E-state index in [-0.39, 0.29) is 42.2 Å². The lowest BCUT2D eigenvalue weighted by molar-refractivity contribution is -0.132. The van der Waals surface area contributed by atoms with E-state index in [1.807, 2.05) is 18.7 Å². The smallest absolute Gasteiger partial charge is 0.387 e. The Balaban J connectivity index is 0.00000450. The zero-order chi connectivity index (χ0) is 21.2. The Morgan fingerprint density at radius 1 is 1.37 bits per heavy atom. The van der Waals surface area contributed by atoms with Crippen molar-refractivity contribution < 1.29 is 18.3 Å². The number of hydrogen-bond donors (Lipinski definition) is 2. The van der Waals surface area contributed by atoms with E-state index in [0.29, 0.717) is 37.0 Å². The fourth-order valence-corrected chi connectivity index (χ4v) is 3.41. The van der Waals surface area contributed by atoms with E-state index >= 15 is 0 Å². The van der Waals surface area contributed by atoms with Gasteiger partial charge in [-0.3, -0.25) is 4.79 Å². The van der Waals surface area contributed by atoms with Crippen LogP contribution >= 0.6 is 24.0 Å². The number of carbonyl (C=O) groups is 1. The van der Waals surface area contributed by atoms with Crippen molar-refractivity contribution in [3.05, 3.63) is 29.3 Å². The monoisotopic (exact) mass is 538 g/mol. The molecule has 30 heavy (non-hydrogen) atoms. The van der Waals surface area contributed by atoms with Crippen LogP contribution in [0, 0.1) is 12.8 Å². The van der Waals surface area contributed by atoms with Crippen LogP contribution in [0.15, 0.2) is 23.2 Å². The number of nitrogens with zero attached hydrogens (tertiary/aromatic N) is 2. The Kier molecular flexibility index (Phi) is 12.0. The molecule has 0 spiro atoms. The number of rotatable bonds is 8. The molecule has 9 heteroatoms. The highest BCUT2D eigenvalue weighted by molar-refractivity contribution is 14.0. The maximum atomic E-state index is 12.6. The van der Waals surface area contributed by atoms with Crippen LogP contribution in [0.5, 0.6) is 5.75 Å². The van der Waals surface area contributed by atoms with Gasteiger partial charge < -0.3 is 20.3 Å². The lowest BCUT2D eigenvalue weighted by Crippen LogP contribution is -2.42. The number of guanidine groups is 1. The minimum Gasteiger partial charge on any atom is -0.434 e. The predicted octanol–water partition coefficient (Wildman–Crippen LogP) is 3.92. The van der Waals surface area contributed by atoms with E-state index in [1.165, 1.54) is 12.5 Å². The van der Waals surface area contributed by atoms with Crippen molar-refractivity contribution >= 4 is 35.8 Å². The van der Waals surface area contributed by atoms with E-state index in [0.717, 1.165) is 25.1 Å². The van der Waals surface area contributed by atoms with Crippen LogP contribution in [-0.2, 0) is 11.3 Å². The Bertz CT molecular complexity index is 704. The highest BCUT2D eigenvalue weighted by Crippen LogP contribution is 2.23. The van der Waals surface area contributed by atoms with Gasteiger partial charge in [0.25, 0.3) is 0 Å². The van der Waals surface area contributed by atoms with Crippen LogP contribution in [0.25, 0.3) is 0 Å². The summed E-state index contributed by atoms with van der Waals surface area (Å²) in [4.78, 5) is 18.8. The highest BCUT2D eigenvalue weighted by atomic mass is 127. The molecule has 2 N–H and O–H groups in total. The zero-order valence-electron chi connectivity index (χ0n) is 17.9. The first-order valence-electron chi connectivity index (χ1n) is 10.2. The molecule has 1 aromatic carbocycles.